The van der Waals surface area contributed by atoms with Gasteiger partial charge in [-0.3, -0.25) is 4.79 Å². The van der Waals surface area contributed by atoms with Crippen molar-refractivity contribution in [2.24, 2.45) is 0 Å². The molecule has 1 aliphatic rings. The molecule has 0 fully saturated rings. The molecule has 104 valence electrons. The van der Waals surface area contributed by atoms with Gasteiger partial charge in [0.15, 0.2) is 0 Å². The van der Waals surface area contributed by atoms with Crippen LogP contribution in [0.15, 0.2) is 28.0 Å². The van der Waals surface area contributed by atoms with E-state index in [2.05, 4.69) is 10.0 Å². The van der Waals surface area contributed by atoms with Crippen LogP contribution in [0.5, 0.6) is 0 Å². The summed E-state index contributed by atoms with van der Waals surface area (Å²) in [6.07, 6.45) is 0.425. The first kappa shape index (κ1) is 14.4. The second-order valence-electron chi connectivity index (χ2n) is 4.34. The summed E-state index contributed by atoms with van der Waals surface area (Å²) in [7, 11) is -3.50. The first-order chi connectivity index (χ1) is 8.92. The Morgan fingerprint density at radius 1 is 1.47 bits per heavy atom. The van der Waals surface area contributed by atoms with Crippen molar-refractivity contribution < 1.29 is 13.2 Å². The second-order valence-corrected chi connectivity index (χ2v) is 7.59. The average Bonchev–Trinajstić information content (AvgIpc) is 2.44. The number of hydrogen-bond acceptors (Lipinski definition) is 4. The molecule has 0 bridgehead atoms. The maximum Gasteiger partial charge on any atom is 0.240 e. The minimum absolute atomic E-state index is 0.0863. The summed E-state index contributed by atoms with van der Waals surface area (Å²) >= 11 is 1.57. The summed E-state index contributed by atoms with van der Waals surface area (Å²) in [5, 5.41) is 2.93. The lowest BCUT2D eigenvalue weighted by atomic mass is 10.3. The van der Waals surface area contributed by atoms with E-state index in [1.807, 2.05) is 6.92 Å². The lowest BCUT2D eigenvalue weighted by Crippen LogP contribution is -2.23. The molecule has 5 nitrogen and oxygen atoms in total. The number of fused-ring (bicyclic) bond motifs is 1. The van der Waals surface area contributed by atoms with Gasteiger partial charge in [-0.05, 0) is 18.2 Å². The van der Waals surface area contributed by atoms with Crippen molar-refractivity contribution in [1.82, 2.24) is 4.72 Å². The Kier molecular flexibility index (Phi) is 4.17. The Morgan fingerprint density at radius 2 is 2.21 bits per heavy atom. The monoisotopic (exact) mass is 300 g/mol. The fraction of sp³-hybridized carbons (Fsp3) is 0.417. The Labute approximate surface area is 117 Å². The third-order valence-corrected chi connectivity index (χ3v) is 5.39. The number of nitrogens with one attached hydrogen (secondary N) is 2. The molecule has 0 radical (unpaired) electrons. The minimum Gasteiger partial charge on any atom is -0.325 e. The molecule has 1 aromatic rings. The van der Waals surface area contributed by atoms with Crippen molar-refractivity contribution in [3.05, 3.63) is 18.2 Å². The van der Waals surface area contributed by atoms with Gasteiger partial charge in [-0.2, -0.15) is 0 Å². The molecule has 1 aromatic carbocycles. The standard InChI is InChI=1S/C12H16N2O3S2/c1-3-13-19(16,17)9-4-5-11-10(7-9)14-12(15)6-8(2)18-11/h4-5,7-8,13H,3,6H2,1-2H3,(H,14,15). The van der Waals surface area contributed by atoms with Crippen LogP contribution in [0.4, 0.5) is 5.69 Å². The fourth-order valence-electron chi connectivity index (χ4n) is 1.87. The van der Waals surface area contributed by atoms with E-state index >= 15 is 0 Å². The topological polar surface area (TPSA) is 75.3 Å². The molecular weight excluding hydrogens is 284 g/mol. The van der Waals surface area contributed by atoms with Crippen molar-refractivity contribution in [3.63, 3.8) is 0 Å². The van der Waals surface area contributed by atoms with E-state index in [1.165, 1.54) is 6.07 Å². The maximum absolute atomic E-state index is 11.9. The Hall–Kier alpha value is -1.05. The van der Waals surface area contributed by atoms with Crippen molar-refractivity contribution in [1.29, 1.82) is 0 Å². The summed E-state index contributed by atoms with van der Waals surface area (Å²) in [4.78, 5) is 12.7. The van der Waals surface area contributed by atoms with Gasteiger partial charge < -0.3 is 5.32 Å². The first-order valence-corrected chi connectivity index (χ1v) is 8.39. The molecule has 2 rings (SSSR count). The highest BCUT2D eigenvalue weighted by atomic mass is 32.2. The quantitative estimate of drug-likeness (QED) is 0.892. The first-order valence-electron chi connectivity index (χ1n) is 6.02. The van der Waals surface area contributed by atoms with Gasteiger partial charge in [0.2, 0.25) is 15.9 Å². The van der Waals surface area contributed by atoms with Gasteiger partial charge in [-0.15, -0.1) is 11.8 Å². The van der Waals surface area contributed by atoms with Crippen molar-refractivity contribution in [2.75, 3.05) is 11.9 Å². The number of rotatable bonds is 3. The highest BCUT2D eigenvalue weighted by Crippen LogP contribution is 2.36. The van der Waals surface area contributed by atoms with Crippen LogP contribution in [0.1, 0.15) is 20.3 Å². The lowest BCUT2D eigenvalue weighted by Gasteiger charge is -2.10. The number of thioether (sulfide) groups is 1. The highest BCUT2D eigenvalue weighted by Gasteiger charge is 2.21. The average molecular weight is 300 g/mol. The SMILES string of the molecule is CCNS(=O)(=O)c1ccc2c(c1)NC(=O)CC(C)S2. The van der Waals surface area contributed by atoms with E-state index in [0.29, 0.717) is 18.7 Å². The van der Waals surface area contributed by atoms with Gasteiger partial charge in [0.25, 0.3) is 0 Å². The molecule has 7 heteroatoms. The Bertz CT molecular complexity index is 599. The highest BCUT2D eigenvalue weighted by molar-refractivity contribution is 8.00. The summed E-state index contributed by atoms with van der Waals surface area (Å²) < 4.78 is 26.3. The number of sulfonamides is 1. The zero-order valence-corrected chi connectivity index (χ0v) is 12.4. The zero-order chi connectivity index (χ0) is 14.0. The van der Waals surface area contributed by atoms with Crippen molar-refractivity contribution in [3.8, 4) is 0 Å². The summed E-state index contributed by atoms with van der Waals surface area (Å²) in [6.45, 7) is 4.03. The molecule has 1 atom stereocenters. The number of amides is 1. The molecular formula is C12H16N2O3S2. The van der Waals surface area contributed by atoms with Crippen LogP contribution >= 0.6 is 11.8 Å². The fourth-order valence-corrected chi connectivity index (χ4v) is 3.99. The molecule has 19 heavy (non-hydrogen) atoms. The number of anilines is 1. The molecule has 0 saturated carbocycles. The third-order valence-electron chi connectivity index (χ3n) is 2.67. The van der Waals surface area contributed by atoms with E-state index in [1.54, 1.807) is 30.8 Å². The zero-order valence-electron chi connectivity index (χ0n) is 10.8. The maximum atomic E-state index is 11.9. The van der Waals surface area contributed by atoms with Gasteiger partial charge in [0.1, 0.15) is 0 Å². The molecule has 1 unspecified atom stereocenters. The van der Waals surface area contributed by atoms with Crippen LogP contribution in [-0.2, 0) is 14.8 Å². The normalized spacial score (nSPS) is 19.5. The van der Waals surface area contributed by atoms with Gasteiger partial charge in [-0.25, -0.2) is 13.1 Å². The van der Waals surface area contributed by atoms with E-state index in [9.17, 15) is 13.2 Å². The van der Waals surface area contributed by atoms with Crippen LogP contribution in [0.2, 0.25) is 0 Å². The molecule has 1 amide bonds. The van der Waals surface area contributed by atoms with Crippen LogP contribution in [0.3, 0.4) is 0 Å². The molecule has 1 heterocycles. The van der Waals surface area contributed by atoms with Gasteiger partial charge in [0.05, 0.1) is 10.6 Å². The summed E-state index contributed by atoms with van der Waals surface area (Å²) in [6, 6.07) is 4.82. The smallest absolute Gasteiger partial charge is 0.240 e. The van der Waals surface area contributed by atoms with Crippen molar-refractivity contribution in [2.45, 2.75) is 35.3 Å². The minimum atomic E-state index is -3.50. The van der Waals surface area contributed by atoms with E-state index in [4.69, 9.17) is 0 Å². The van der Waals surface area contributed by atoms with E-state index in [0.717, 1.165) is 4.90 Å². The largest absolute Gasteiger partial charge is 0.325 e. The van der Waals surface area contributed by atoms with Crippen molar-refractivity contribution >= 4 is 33.4 Å². The second kappa shape index (κ2) is 5.52. The third kappa shape index (κ3) is 3.29. The summed E-state index contributed by atoms with van der Waals surface area (Å²) in [5.74, 6) is -0.0863. The number of carbonyl (C=O) groups excluding carboxylic acids is 1. The molecule has 0 aliphatic carbocycles. The van der Waals surface area contributed by atoms with Crippen LogP contribution in [0, 0.1) is 0 Å². The van der Waals surface area contributed by atoms with E-state index in [-0.39, 0.29) is 16.1 Å². The Balaban J connectivity index is 2.41. The molecule has 0 saturated heterocycles. The molecule has 0 aromatic heterocycles. The molecule has 1 aliphatic heterocycles. The van der Waals surface area contributed by atoms with Crippen LogP contribution in [0.25, 0.3) is 0 Å². The lowest BCUT2D eigenvalue weighted by molar-refractivity contribution is -0.116. The van der Waals surface area contributed by atoms with Gasteiger partial charge in [0, 0.05) is 23.1 Å². The van der Waals surface area contributed by atoms with Crippen LogP contribution in [-0.4, -0.2) is 26.1 Å². The molecule has 2 N–H and O–H groups in total. The Morgan fingerprint density at radius 3 is 2.89 bits per heavy atom. The predicted molar refractivity (Wildman–Crippen MR) is 75.9 cm³/mol. The van der Waals surface area contributed by atoms with Crippen LogP contribution < -0.4 is 10.0 Å². The molecule has 0 spiro atoms. The predicted octanol–water partition coefficient (Wildman–Crippen LogP) is 1.81. The summed E-state index contributed by atoms with van der Waals surface area (Å²) in [5.41, 5.74) is 0.568. The van der Waals surface area contributed by atoms with Gasteiger partial charge >= 0.3 is 0 Å². The van der Waals surface area contributed by atoms with Gasteiger partial charge in [-0.1, -0.05) is 13.8 Å². The number of carbonyl (C=O) groups is 1. The number of hydrogen-bond donors (Lipinski definition) is 2. The van der Waals surface area contributed by atoms with E-state index < -0.39 is 10.0 Å². The number of benzene rings is 1.